The first-order chi connectivity index (χ1) is 17.2. The number of carbonyl (C=O) groups excluding carboxylic acids is 3. The van der Waals surface area contributed by atoms with Crippen LogP contribution in [-0.2, 0) is 36.8 Å². The van der Waals surface area contributed by atoms with Gasteiger partial charge in [0.05, 0.1) is 25.1 Å². The third-order valence-corrected chi connectivity index (χ3v) is 5.76. The first-order valence-corrected chi connectivity index (χ1v) is 11.2. The van der Waals surface area contributed by atoms with Crippen LogP contribution in [0.3, 0.4) is 0 Å². The highest BCUT2D eigenvalue weighted by Gasteiger charge is 2.39. The molecule has 3 amide bonds. The Hall–Kier alpha value is -4.27. The predicted molar refractivity (Wildman–Crippen MR) is 121 cm³/mol. The molecule has 1 aliphatic rings. The van der Waals surface area contributed by atoms with Crippen molar-refractivity contribution in [2.75, 3.05) is 6.54 Å². The maximum absolute atomic E-state index is 13.5. The van der Waals surface area contributed by atoms with Crippen molar-refractivity contribution in [1.29, 1.82) is 0 Å². The Morgan fingerprint density at radius 3 is 2.17 bits per heavy atom. The van der Waals surface area contributed by atoms with Crippen LogP contribution in [-0.4, -0.2) is 95.4 Å². The molecule has 1 aliphatic heterocycles. The third-order valence-electron chi connectivity index (χ3n) is 5.76. The molecule has 194 valence electrons. The van der Waals surface area contributed by atoms with Crippen LogP contribution in [0.15, 0.2) is 25.0 Å². The molecule has 1 fully saturated rings. The first kappa shape index (κ1) is 26.3. The lowest BCUT2D eigenvalue weighted by atomic mass is 10.1. The molecule has 0 radical (unpaired) electrons. The zero-order valence-corrected chi connectivity index (χ0v) is 19.2. The van der Waals surface area contributed by atoms with Gasteiger partial charge < -0.3 is 41.4 Å². The van der Waals surface area contributed by atoms with E-state index in [9.17, 15) is 29.1 Å². The Labute approximate surface area is 204 Å². The number of rotatable bonds is 12. The Balaban J connectivity index is 1.73. The summed E-state index contributed by atoms with van der Waals surface area (Å²) in [6, 6.07) is -4.73. The summed E-state index contributed by atoms with van der Waals surface area (Å²) in [7, 11) is 0. The molecular weight excluding hydrogens is 476 g/mol. The second-order valence-electron chi connectivity index (χ2n) is 8.42. The Bertz CT molecular complexity index is 1070. The fourth-order valence-electron chi connectivity index (χ4n) is 3.96. The number of nitrogens with two attached hydrogens (primary N) is 1. The largest absolute Gasteiger partial charge is 0.481 e. The smallest absolute Gasteiger partial charge is 0.326 e. The molecule has 0 bridgehead atoms. The quantitative estimate of drug-likeness (QED) is 0.164. The fourth-order valence-corrected chi connectivity index (χ4v) is 3.96. The number of H-pyrrole nitrogens is 2. The van der Waals surface area contributed by atoms with Crippen molar-refractivity contribution >= 4 is 29.7 Å². The maximum Gasteiger partial charge on any atom is 0.326 e. The van der Waals surface area contributed by atoms with E-state index in [1.54, 1.807) is 0 Å². The molecule has 2 aromatic rings. The van der Waals surface area contributed by atoms with E-state index in [0.29, 0.717) is 24.2 Å². The Morgan fingerprint density at radius 1 is 1.03 bits per heavy atom. The Kier molecular flexibility index (Phi) is 8.72. The first-order valence-electron chi connectivity index (χ1n) is 11.2. The second kappa shape index (κ2) is 11.9. The van der Waals surface area contributed by atoms with Gasteiger partial charge in [-0.05, 0) is 12.8 Å². The van der Waals surface area contributed by atoms with Crippen molar-refractivity contribution in [2.24, 2.45) is 5.73 Å². The van der Waals surface area contributed by atoms with Crippen molar-refractivity contribution in [3.8, 4) is 0 Å². The topological polar surface area (TPSA) is 236 Å². The molecule has 1 saturated heterocycles. The zero-order valence-electron chi connectivity index (χ0n) is 19.2. The number of nitrogens with one attached hydrogen (secondary N) is 4. The molecule has 15 nitrogen and oxygen atoms in total. The van der Waals surface area contributed by atoms with Gasteiger partial charge >= 0.3 is 11.9 Å². The van der Waals surface area contributed by atoms with Crippen LogP contribution in [0.5, 0.6) is 0 Å². The van der Waals surface area contributed by atoms with E-state index < -0.39 is 60.2 Å². The molecule has 4 unspecified atom stereocenters. The van der Waals surface area contributed by atoms with Gasteiger partial charge in [0.25, 0.3) is 0 Å². The molecule has 2 aromatic heterocycles. The fraction of sp³-hybridized carbons (Fsp3) is 0.476. The number of aliphatic carboxylic acids is 2. The Morgan fingerprint density at radius 2 is 1.64 bits per heavy atom. The standard InChI is InChI=1S/C21H28N8O7/c22-13(6-17(30)31)18(32)27-14(4-11-7-23-9-25-11)20(34)29-3-1-2-16(29)19(33)28-15(21(35)36)5-12-8-24-10-26-12/h7-10,13-16H,1-6,22H2,(H,23,25)(H,24,26)(H,27,32)(H,28,33)(H,30,31)(H,35,36). The summed E-state index contributed by atoms with van der Waals surface area (Å²) in [5.41, 5.74) is 6.68. The molecule has 4 atom stereocenters. The van der Waals surface area contributed by atoms with Crippen molar-refractivity contribution in [3.05, 3.63) is 36.4 Å². The highest BCUT2D eigenvalue weighted by molar-refractivity contribution is 5.95. The van der Waals surface area contributed by atoms with E-state index in [0.717, 1.165) is 0 Å². The van der Waals surface area contributed by atoms with Crippen LogP contribution in [0.25, 0.3) is 0 Å². The lowest BCUT2D eigenvalue weighted by molar-refractivity contribution is -0.145. The van der Waals surface area contributed by atoms with Gasteiger partial charge in [-0.1, -0.05) is 0 Å². The lowest BCUT2D eigenvalue weighted by Gasteiger charge is -2.29. The zero-order chi connectivity index (χ0) is 26.2. The number of imidazole rings is 2. The van der Waals surface area contributed by atoms with Gasteiger partial charge in [-0.2, -0.15) is 0 Å². The van der Waals surface area contributed by atoms with Crippen molar-refractivity contribution in [1.82, 2.24) is 35.5 Å². The number of hydrogen-bond donors (Lipinski definition) is 7. The molecular formula is C21H28N8O7. The molecule has 0 aliphatic carbocycles. The highest BCUT2D eigenvalue weighted by Crippen LogP contribution is 2.20. The number of carbonyl (C=O) groups is 5. The molecule has 0 saturated carbocycles. The van der Waals surface area contributed by atoms with Crippen LogP contribution in [0.4, 0.5) is 0 Å². The average Bonchev–Trinajstić information content (AvgIpc) is 3.59. The lowest BCUT2D eigenvalue weighted by Crippen LogP contribution is -2.57. The van der Waals surface area contributed by atoms with Gasteiger partial charge in [-0.25, -0.2) is 14.8 Å². The van der Waals surface area contributed by atoms with Gasteiger partial charge in [-0.3, -0.25) is 19.2 Å². The number of amides is 3. The number of carboxylic acid groups (broad SMARTS) is 2. The number of aromatic amines is 2. The molecule has 3 heterocycles. The van der Waals surface area contributed by atoms with Gasteiger partial charge in [0, 0.05) is 43.2 Å². The summed E-state index contributed by atoms with van der Waals surface area (Å²) in [6.45, 7) is 0.214. The van der Waals surface area contributed by atoms with E-state index in [4.69, 9.17) is 10.8 Å². The van der Waals surface area contributed by atoms with Crippen LogP contribution in [0.2, 0.25) is 0 Å². The molecule has 8 N–H and O–H groups in total. The van der Waals surface area contributed by atoms with E-state index in [2.05, 4.69) is 30.6 Å². The summed E-state index contributed by atoms with van der Waals surface area (Å²) < 4.78 is 0. The number of likely N-dealkylation sites (tertiary alicyclic amines) is 1. The van der Waals surface area contributed by atoms with Gasteiger partial charge in [0.1, 0.15) is 18.1 Å². The van der Waals surface area contributed by atoms with Crippen molar-refractivity contribution in [3.63, 3.8) is 0 Å². The number of nitrogens with zero attached hydrogens (tertiary/aromatic N) is 3. The second-order valence-corrected chi connectivity index (χ2v) is 8.42. The van der Waals surface area contributed by atoms with Gasteiger partial charge in [0.2, 0.25) is 17.7 Å². The van der Waals surface area contributed by atoms with Crippen LogP contribution < -0.4 is 16.4 Å². The summed E-state index contributed by atoms with van der Waals surface area (Å²) in [5.74, 6) is -4.57. The van der Waals surface area contributed by atoms with Gasteiger partial charge in [0.15, 0.2) is 0 Å². The SMILES string of the molecule is NC(CC(=O)O)C(=O)NC(Cc1cnc[nH]1)C(=O)N1CCCC1C(=O)NC(Cc1cnc[nH]1)C(=O)O. The van der Waals surface area contributed by atoms with E-state index in [1.165, 1.54) is 29.9 Å². The van der Waals surface area contributed by atoms with E-state index in [-0.39, 0.29) is 19.4 Å². The number of hydrogen-bond acceptors (Lipinski definition) is 8. The van der Waals surface area contributed by atoms with Crippen LogP contribution in [0.1, 0.15) is 30.7 Å². The average molecular weight is 505 g/mol. The minimum absolute atomic E-state index is 0.00716. The van der Waals surface area contributed by atoms with Gasteiger partial charge in [-0.15, -0.1) is 0 Å². The molecule has 0 spiro atoms. The molecule has 15 heteroatoms. The van der Waals surface area contributed by atoms with E-state index in [1.807, 2.05) is 0 Å². The molecule has 36 heavy (non-hydrogen) atoms. The molecule has 3 rings (SSSR count). The summed E-state index contributed by atoms with van der Waals surface area (Å²) in [4.78, 5) is 76.2. The predicted octanol–water partition coefficient (Wildman–Crippen LogP) is -2.23. The minimum atomic E-state index is -1.38. The summed E-state index contributed by atoms with van der Waals surface area (Å²) in [5, 5.41) is 23.4. The third kappa shape index (κ3) is 6.88. The minimum Gasteiger partial charge on any atom is -0.481 e. The highest BCUT2D eigenvalue weighted by atomic mass is 16.4. The van der Waals surface area contributed by atoms with Crippen LogP contribution >= 0.6 is 0 Å². The normalized spacial score (nSPS) is 17.7. The van der Waals surface area contributed by atoms with E-state index >= 15 is 0 Å². The van der Waals surface area contributed by atoms with Crippen molar-refractivity contribution < 1.29 is 34.2 Å². The van der Waals surface area contributed by atoms with Crippen molar-refractivity contribution in [2.45, 2.75) is 56.3 Å². The molecule has 0 aromatic carbocycles. The number of carboxylic acids is 2. The monoisotopic (exact) mass is 504 g/mol. The summed E-state index contributed by atoms with van der Waals surface area (Å²) in [6.07, 6.45) is 5.84. The number of aromatic nitrogens is 4. The maximum atomic E-state index is 13.5. The van der Waals surface area contributed by atoms with Crippen LogP contribution in [0, 0.1) is 0 Å². The summed E-state index contributed by atoms with van der Waals surface area (Å²) >= 11 is 0.